The smallest absolute Gasteiger partial charge is 0.272 e. The molecule has 118 valence electrons. The molecule has 0 saturated carbocycles. The van der Waals surface area contributed by atoms with Gasteiger partial charge in [0.25, 0.3) is 5.91 Å². The Labute approximate surface area is 133 Å². The Balaban J connectivity index is 1.76. The highest BCUT2D eigenvalue weighted by molar-refractivity contribution is 6.17. The van der Waals surface area contributed by atoms with E-state index in [0.29, 0.717) is 12.3 Å². The van der Waals surface area contributed by atoms with Gasteiger partial charge in [-0.3, -0.25) is 9.79 Å². The summed E-state index contributed by atoms with van der Waals surface area (Å²) in [6.45, 7) is 0.720. The summed E-state index contributed by atoms with van der Waals surface area (Å²) in [5.41, 5.74) is 2.11. The average molecular weight is 313 g/mol. The maximum absolute atomic E-state index is 12.9. The number of carbonyl (C=O) groups excluding carboxylic acids is 1. The molecule has 23 heavy (non-hydrogen) atoms. The number of hydrogen-bond acceptors (Lipinski definition) is 4. The highest BCUT2D eigenvalue weighted by atomic mass is 19.1. The van der Waals surface area contributed by atoms with Crippen molar-refractivity contribution in [1.82, 2.24) is 10.2 Å². The third-order valence-corrected chi connectivity index (χ3v) is 3.64. The molecular weight excluding hydrogens is 297 g/mol. The number of rotatable bonds is 3. The average Bonchev–Trinajstić information content (AvgIpc) is 2.54. The molecule has 2 heterocycles. The minimum atomic E-state index is -0.415. The lowest BCUT2D eigenvalue weighted by molar-refractivity contribution is -0.119. The number of aliphatic hydroxyl groups is 1. The van der Waals surface area contributed by atoms with Crippen molar-refractivity contribution in [2.24, 2.45) is 4.99 Å². The van der Waals surface area contributed by atoms with E-state index < -0.39 is 5.91 Å². The number of dihydropyridines is 1. The highest BCUT2D eigenvalue weighted by Crippen LogP contribution is 2.23. The summed E-state index contributed by atoms with van der Waals surface area (Å²) in [4.78, 5) is 18.2. The lowest BCUT2D eigenvalue weighted by Gasteiger charge is -2.26. The number of aliphatic hydroxyl groups excluding tert-OH is 1. The van der Waals surface area contributed by atoms with Gasteiger partial charge >= 0.3 is 0 Å². The summed E-state index contributed by atoms with van der Waals surface area (Å²) in [7, 11) is 1.69. The van der Waals surface area contributed by atoms with Crippen LogP contribution in [0.3, 0.4) is 0 Å². The molecule has 5 nitrogen and oxygen atoms in total. The van der Waals surface area contributed by atoms with Crippen molar-refractivity contribution in [1.29, 1.82) is 0 Å². The van der Waals surface area contributed by atoms with Gasteiger partial charge < -0.3 is 15.3 Å². The van der Waals surface area contributed by atoms with E-state index in [0.717, 1.165) is 11.1 Å². The molecule has 2 N–H and O–H groups in total. The molecule has 0 saturated heterocycles. The van der Waals surface area contributed by atoms with Gasteiger partial charge in [0, 0.05) is 25.4 Å². The Morgan fingerprint density at radius 1 is 1.39 bits per heavy atom. The normalized spacial score (nSPS) is 16.7. The Kier molecular flexibility index (Phi) is 3.97. The molecule has 0 aromatic heterocycles. The number of amides is 1. The first-order valence-electron chi connectivity index (χ1n) is 7.18. The van der Waals surface area contributed by atoms with Gasteiger partial charge in [0.2, 0.25) is 0 Å². The fourth-order valence-corrected chi connectivity index (χ4v) is 2.50. The third-order valence-electron chi connectivity index (χ3n) is 3.64. The molecule has 2 aliphatic heterocycles. The van der Waals surface area contributed by atoms with E-state index in [2.05, 4.69) is 10.3 Å². The van der Waals surface area contributed by atoms with E-state index in [1.54, 1.807) is 30.3 Å². The molecular formula is C17H16FN3O2. The van der Waals surface area contributed by atoms with Crippen LogP contribution in [0.4, 0.5) is 4.39 Å². The number of aliphatic imine (C=N–C) groups is 1. The fourth-order valence-electron chi connectivity index (χ4n) is 2.50. The molecule has 0 unspecified atom stereocenters. The number of nitrogens with zero attached hydrogens (tertiary/aromatic N) is 2. The molecule has 1 aromatic rings. The number of halogens is 1. The molecule has 0 fully saturated rings. The van der Waals surface area contributed by atoms with Crippen molar-refractivity contribution < 1.29 is 14.3 Å². The van der Waals surface area contributed by atoms with Crippen LogP contribution in [-0.2, 0) is 11.3 Å². The maximum Gasteiger partial charge on any atom is 0.272 e. The van der Waals surface area contributed by atoms with E-state index in [9.17, 15) is 14.3 Å². The van der Waals surface area contributed by atoms with Gasteiger partial charge in [-0.05, 0) is 17.7 Å². The number of fused-ring (bicyclic) bond motifs is 1. The Morgan fingerprint density at radius 3 is 2.87 bits per heavy atom. The number of hydrogen-bond donors (Lipinski definition) is 2. The van der Waals surface area contributed by atoms with Gasteiger partial charge in [-0.2, -0.15) is 0 Å². The zero-order valence-corrected chi connectivity index (χ0v) is 12.6. The topological polar surface area (TPSA) is 64.9 Å². The lowest BCUT2D eigenvalue weighted by Crippen LogP contribution is -2.36. The SMILES string of the molecule is CN1C=C2C=CCN=C2C(O)=C1C(=O)NCc1ccc(F)cc1. The van der Waals surface area contributed by atoms with Crippen LogP contribution in [0, 0.1) is 5.82 Å². The number of benzene rings is 1. The molecule has 2 aliphatic rings. The summed E-state index contributed by atoms with van der Waals surface area (Å²) in [6, 6.07) is 5.87. The first kappa shape index (κ1) is 15.0. The molecule has 0 radical (unpaired) electrons. The number of likely N-dealkylation sites (N-methyl/N-ethyl adjacent to an activating group) is 1. The minimum absolute atomic E-state index is 0.133. The molecule has 0 spiro atoms. The second-order valence-corrected chi connectivity index (χ2v) is 5.29. The van der Waals surface area contributed by atoms with Gasteiger partial charge in [-0.25, -0.2) is 4.39 Å². The molecule has 0 bridgehead atoms. The lowest BCUT2D eigenvalue weighted by atomic mass is 10.0. The number of nitrogens with one attached hydrogen (secondary N) is 1. The Hall–Kier alpha value is -2.89. The van der Waals surface area contributed by atoms with Crippen molar-refractivity contribution >= 4 is 11.6 Å². The fraction of sp³-hybridized carbons (Fsp3) is 0.176. The predicted octanol–water partition coefficient (Wildman–Crippen LogP) is 2.05. The van der Waals surface area contributed by atoms with Crippen molar-refractivity contribution in [2.45, 2.75) is 6.54 Å². The minimum Gasteiger partial charge on any atom is -0.504 e. The standard InChI is InChI=1S/C17H16FN3O2/c1-21-10-12-3-2-8-19-14(12)16(22)15(21)17(23)20-9-11-4-6-13(18)7-5-11/h2-7,10,22H,8-9H2,1H3,(H,20,23). The summed E-state index contributed by atoms with van der Waals surface area (Å²) in [5, 5.41) is 13.1. The second-order valence-electron chi connectivity index (χ2n) is 5.29. The van der Waals surface area contributed by atoms with Crippen molar-refractivity contribution in [3.8, 4) is 0 Å². The van der Waals surface area contributed by atoms with E-state index >= 15 is 0 Å². The van der Waals surface area contributed by atoms with Crippen LogP contribution < -0.4 is 5.32 Å². The Bertz CT molecular complexity index is 761. The maximum atomic E-state index is 12.9. The zero-order valence-electron chi connectivity index (χ0n) is 12.6. The summed E-state index contributed by atoms with van der Waals surface area (Å²) in [5.74, 6) is -0.874. The van der Waals surface area contributed by atoms with Gasteiger partial charge in [0.15, 0.2) is 11.5 Å². The van der Waals surface area contributed by atoms with Crippen molar-refractivity contribution in [2.75, 3.05) is 13.6 Å². The van der Waals surface area contributed by atoms with Gasteiger partial charge in [0.05, 0.1) is 6.54 Å². The number of allylic oxidation sites excluding steroid dienone is 2. The molecule has 6 heteroatoms. The van der Waals surface area contributed by atoms with Crippen molar-refractivity contribution in [3.05, 3.63) is 71.0 Å². The third kappa shape index (κ3) is 3.01. The number of carbonyl (C=O) groups is 1. The second kappa shape index (κ2) is 6.08. The van der Waals surface area contributed by atoms with Crippen LogP contribution >= 0.6 is 0 Å². The molecule has 0 aliphatic carbocycles. The first-order chi connectivity index (χ1) is 11.1. The summed E-state index contributed by atoms with van der Waals surface area (Å²) in [6.07, 6.45) is 5.50. The quantitative estimate of drug-likeness (QED) is 0.897. The van der Waals surface area contributed by atoms with Crippen LogP contribution in [0.15, 0.2) is 64.6 Å². The van der Waals surface area contributed by atoms with E-state index in [-0.39, 0.29) is 23.8 Å². The van der Waals surface area contributed by atoms with E-state index in [1.165, 1.54) is 12.1 Å². The molecule has 1 aromatic carbocycles. The highest BCUT2D eigenvalue weighted by Gasteiger charge is 2.28. The van der Waals surface area contributed by atoms with Crippen molar-refractivity contribution in [3.63, 3.8) is 0 Å². The van der Waals surface area contributed by atoms with Crippen LogP contribution in [-0.4, -0.2) is 35.2 Å². The summed E-state index contributed by atoms with van der Waals surface area (Å²) < 4.78 is 12.9. The van der Waals surface area contributed by atoms with E-state index in [4.69, 9.17) is 0 Å². The van der Waals surface area contributed by atoms with Crippen LogP contribution in [0.25, 0.3) is 0 Å². The van der Waals surface area contributed by atoms with Crippen LogP contribution in [0.5, 0.6) is 0 Å². The monoisotopic (exact) mass is 313 g/mol. The van der Waals surface area contributed by atoms with Crippen LogP contribution in [0.2, 0.25) is 0 Å². The first-order valence-corrected chi connectivity index (χ1v) is 7.18. The summed E-state index contributed by atoms with van der Waals surface area (Å²) >= 11 is 0. The Morgan fingerprint density at radius 2 is 2.13 bits per heavy atom. The van der Waals surface area contributed by atoms with Crippen LogP contribution in [0.1, 0.15) is 5.56 Å². The van der Waals surface area contributed by atoms with Gasteiger partial charge in [-0.1, -0.05) is 24.3 Å². The van der Waals surface area contributed by atoms with Gasteiger partial charge in [0.1, 0.15) is 11.5 Å². The largest absolute Gasteiger partial charge is 0.504 e. The van der Waals surface area contributed by atoms with E-state index in [1.807, 2.05) is 12.2 Å². The van der Waals surface area contributed by atoms with Gasteiger partial charge in [-0.15, -0.1) is 0 Å². The molecule has 0 atom stereocenters. The predicted molar refractivity (Wildman–Crippen MR) is 85.2 cm³/mol. The molecule has 3 rings (SSSR count). The zero-order chi connectivity index (χ0) is 16.4. The molecule has 1 amide bonds.